The molecule has 3 rings (SSSR count). The number of benzene rings is 1. The van der Waals surface area contributed by atoms with Crippen LogP contribution in [0, 0.1) is 6.92 Å². The molecule has 2 saturated heterocycles. The lowest BCUT2D eigenvalue weighted by molar-refractivity contribution is 0.0184. The molecule has 0 aromatic heterocycles. The van der Waals surface area contributed by atoms with Crippen molar-refractivity contribution >= 4 is 10.8 Å². The summed E-state index contributed by atoms with van der Waals surface area (Å²) in [6, 6.07) is 8.10. The lowest BCUT2D eigenvalue weighted by Crippen LogP contribution is -2.40. The second-order valence-electron chi connectivity index (χ2n) is 5.46. The standard InChI is InChI=1S/C14H18O2S/c1-10-3-2-4-11(7-10)14(15)8-12-5-6-13(9-14)17(12)16/h2-4,7,12-13,15H,5-6,8-9H2,1H3. The third-order valence-electron chi connectivity index (χ3n) is 4.15. The first kappa shape index (κ1) is 11.4. The summed E-state index contributed by atoms with van der Waals surface area (Å²) >= 11 is 0. The molecule has 1 N–H and O–H groups in total. The van der Waals surface area contributed by atoms with E-state index in [2.05, 4.69) is 6.07 Å². The Morgan fingerprint density at radius 2 is 1.94 bits per heavy atom. The topological polar surface area (TPSA) is 37.3 Å². The molecule has 2 atom stereocenters. The molecule has 3 heteroatoms. The fourth-order valence-electron chi connectivity index (χ4n) is 3.25. The molecule has 0 spiro atoms. The average molecular weight is 250 g/mol. The van der Waals surface area contributed by atoms with Gasteiger partial charge in [-0.25, -0.2) is 0 Å². The highest BCUT2D eigenvalue weighted by Crippen LogP contribution is 2.45. The van der Waals surface area contributed by atoms with Gasteiger partial charge in [0.2, 0.25) is 0 Å². The highest BCUT2D eigenvalue weighted by Gasteiger charge is 2.48. The van der Waals surface area contributed by atoms with Crippen LogP contribution in [0.2, 0.25) is 0 Å². The van der Waals surface area contributed by atoms with E-state index in [1.807, 2.05) is 25.1 Å². The highest BCUT2D eigenvalue weighted by molar-refractivity contribution is 7.86. The normalized spacial score (nSPS) is 40.5. The van der Waals surface area contributed by atoms with Crippen LogP contribution < -0.4 is 0 Å². The summed E-state index contributed by atoms with van der Waals surface area (Å²) in [5.41, 5.74) is 1.44. The van der Waals surface area contributed by atoms with Gasteiger partial charge in [0.25, 0.3) is 0 Å². The first-order chi connectivity index (χ1) is 8.08. The molecule has 1 aromatic carbocycles. The van der Waals surface area contributed by atoms with Gasteiger partial charge in [-0.15, -0.1) is 0 Å². The maximum Gasteiger partial charge on any atom is 0.0919 e. The Kier molecular flexibility index (Phi) is 2.64. The van der Waals surface area contributed by atoms with Crippen molar-refractivity contribution in [1.82, 2.24) is 0 Å². The monoisotopic (exact) mass is 250 g/mol. The zero-order chi connectivity index (χ0) is 12.0. The largest absolute Gasteiger partial charge is 0.385 e. The molecule has 0 aliphatic carbocycles. The maximum atomic E-state index is 12.0. The van der Waals surface area contributed by atoms with E-state index in [0.29, 0.717) is 12.8 Å². The van der Waals surface area contributed by atoms with E-state index >= 15 is 0 Å². The van der Waals surface area contributed by atoms with Gasteiger partial charge in [0.15, 0.2) is 0 Å². The molecule has 0 radical (unpaired) electrons. The van der Waals surface area contributed by atoms with Crippen LogP contribution in [-0.2, 0) is 16.4 Å². The van der Waals surface area contributed by atoms with E-state index in [4.69, 9.17) is 0 Å². The molecule has 2 unspecified atom stereocenters. The van der Waals surface area contributed by atoms with Crippen LogP contribution in [0.3, 0.4) is 0 Å². The van der Waals surface area contributed by atoms with Crippen molar-refractivity contribution in [2.45, 2.75) is 48.7 Å². The highest BCUT2D eigenvalue weighted by atomic mass is 32.2. The third-order valence-corrected chi connectivity index (χ3v) is 6.27. The van der Waals surface area contributed by atoms with E-state index in [-0.39, 0.29) is 10.5 Å². The molecule has 0 saturated carbocycles. The summed E-state index contributed by atoms with van der Waals surface area (Å²) in [4.78, 5) is 0. The summed E-state index contributed by atoms with van der Waals surface area (Å²) in [5.74, 6) is 0. The van der Waals surface area contributed by atoms with Crippen molar-refractivity contribution in [3.8, 4) is 0 Å². The van der Waals surface area contributed by atoms with Crippen LogP contribution >= 0.6 is 0 Å². The fourth-order valence-corrected chi connectivity index (χ4v) is 5.41. The van der Waals surface area contributed by atoms with Gasteiger partial charge >= 0.3 is 0 Å². The van der Waals surface area contributed by atoms with Crippen LogP contribution in [0.25, 0.3) is 0 Å². The lowest BCUT2D eigenvalue weighted by Gasteiger charge is -2.36. The van der Waals surface area contributed by atoms with Crippen molar-refractivity contribution in [2.24, 2.45) is 0 Å². The Morgan fingerprint density at radius 3 is 2.53 bits per heavy atom. The average Bonchev–Trinajstić information content (AvgIpc) is 2.53. The van der Waals surface area contributed by atoms with Gasteiger partial charge in [-0.2, -0.15) is 0 Å². The Bertz CT molecular complexity index is 453. The van der Waals surface area contributed by atoms with Gasteiger partial charge in [-0.1, -0.05) is 29.8 Å². The van der Waals surface area contributed by atoms with Gasteiger partial charge in [-0.3, -0.25) is 4.21 Å². The van der Waals surface area contributed by atoms with Crippen LogP contribution in [0.15, 0.2) is 24.3 Å². The first-order valence-electron chi connectivity index (χ1n) is 6.27. The van der Waals surface area contributed by atoms with Crippen LogP contribution in [0.1, 0.15) is 36.8 Å². The molecule has 2 fully saturated rings. The quantitative estimate of drug-likeness (QED) is 0.830. The molecule has 2 aliphatic heterocycles. The van der Waals surface area contributed by atoms with Crippen molar-refractivity contribution in [3.63, 3.8) is 0 Å². The van der Waals surface area contributed by atoms with Crippen LogP contribution in [0.4, 0.5) is 0 Å². The molecule has 2 aliphatic rings. The van der Waals surface area contributed by atoms with Gasteiger partial charge in [0.05, 0.1) is 5.60 Å². The molecule has 2 bridgehead atoms. The van der Waals surface area contributed by atoms with E-state index < -0.39 is 16.4 Å². The number of hydrogen-bond acceptors (Lipinski definition) is 2. The molecule has 0 amide bonds. The molecular weight excluding hydrogens is 232 g/mol. The van der Waals surface area contributed by atoms with E-state index in [9.17, 15) is 9.32 Å². The smallest absolute Gasteiger partial charge is 0.0919 e. The lowest BCUT2D eigenvalue weighted by atomic mass is 9.85. The Hall–Kier alpha value is -0.670. The predicted octanol–water partition coefficient (Wildman–Crippen LogP) is 2.26. The molecule has 17 heavy (non-hydrogen) atoms. The van der Waals surface area contributed by atoms with E-state index in [0.717, 1.165) is 18.4 Å². The minimum absolute atomic E-state index is 0.208. The van der Waals surface area contributed by atoms with Crippen LogP contribution in [0.5, 0.6) is 0 Å². The van der Waals surface area contributed by atoms with Crippen molar-refractivity contribution in [2.75, 3.05) is 0 Å². The summed E-state index contributed by atoms with van der Waals surface area (Å²) in [5, 5.41) is 11.2. The van der Waals surface area contributed by atoms with E-state index in [1.165, 1.54) is 5.56 Å². The van der Waals surface area contributed by atoms with Gasteiger partial charge in [0.1, 0.15) is 0 Å². The SMILES string of the molecule is Cc1cccc(C2(O)CC3CCC(C2)S3=O)c1. The van der Waals surface area contributed by atoms with Crippen molar-refractivity contribution in [3.05, 3.63) is 35.4 Å². The summed E-state index contributed by atoms with van der Waals surface area (Å²) in [7, 11) is -0.704. The third kappa shape index (κ3) is 1.85. The van der Waals surface area contributed by atoms with Gasteiger partial charge in [-0.05, 0) is 38.2 Å². The van der Waals surface area contributed by atoms with Gasteiger partial charge < -0.3 is 5.11 Å². The minimum atomic E-state index is -0.744. The number of aliphatic hydroxyl groups is 1. The van der Waals surface area contributed by atoms with E-state index in [1.54, 1.807) is 0 Å². The summed E-state index contributed by atoms with van der Waals surface area (Å²) < 4.78 is 12.0. The maximum absolute atomic E-state index is 12.0. The minimum Gasteiger partial charge on any atom is -0.385 e. The molecular formula is C14H18O2S. The molecule has 92 valence electrons. The molecule has 1 aromatic rings. The predicted molar refractivity (Wildman–Crippen MR) is 69.3 cm³/mol. The van der Waals surface area contributed by atoms with Crippen molar-refractivity contribution < 1.29 is 9.32 Å². The molecule has 2 heterocycles. The zero-order valence-electron chi connectivity index (χ0n) is 10.1. The van der Waals surface area contributed by atoms with Crippen molar-refractivity contribution in [1.29, 1.82) is 0 Å². The Balaban J connectivity index is 1.95. The Morgan fingerprint density at radius 1 is 1.29 bits per heavy atom. The summed E-state index contributed by atoms with van der Waals surface area (Å²) in [6.45, 7) is 2.04. The number of hydrogen-bond donors (Lipinski definition) is 1. The first-order valence-corrected chi connectivity index (χ1v) is 7.55. The summed E-state index contributed by atoms with van der Waals surface area (Å²) in [6.07, 6.45) is 3.37. The van der Waals surface area contributed by atoms with Gasteiger partial charge in [0, 0.05) is 21.3 Å². The fraction of sp³-hybridized carbons (Fsp3) is 0.571. The number of aryl methyl sites for hydroxylation is 1. The molecule has 2 nitrogen and oxygen atoms in total. The number of fused-ring (bicyclic) bond motifs is 2. The second kappa shape index (κ2) is 3.92. The number of rotatable bonds is 1. The van der Waals surface area contributed by atoms with Crippen LogP contribution in [-0.4, -0.2) is 19.8 Å². The Labute approximate surface area is 105 Å². The zero-order valence-corrected chi connectivity index (χ0v) is 10.9. The second-order valence-corrected chi connectivity index (χ2v) is 7.45.